The number of aromatic nitrogens is 3. The Morgan fingerprint density at radius 3 is 2.38 bits per heavy atom. The molecule has 0 radical (unpaired) electrons. The van der Waals surface area contributed by atoms with Crippen LogP contribution in [0.2, 0.25) is 0 Å². The minimum Gasteiger partial charge on any atom is -0.869 e. The molecule has 4 rings (SSSR count). The molecule has 0 aliphatic heterocycles. The van der Waals surface area contributed by atoms with Gasteiger partial charge in [0.05, 0.1) is 11.3 Å². The lowest BCUT2D eigenvalue weighted by Crippen LogP contribution is -2.46. The van der Waals surface area contributed by atoms with Crippen molar-refractivity contribution >= 4 is 5.76 Å². The van der Waals surface area contributed by atoms with E-state index in [1.54, 1.807) is 4.63 Å². The number of nitrogens with zero attached hydrogens (tertiary/aromatic N) is 3. The van der Waals surface area contributed by atoms with Gasteiger partial charge in [-0.3, -0.25) is 0 Å². The van der Waals surface area contributed by atoms with Crippen LogP contribution in [0.25, 0.3) is 17.0 Å². The van der Waals surface area contributed by atoms with Gasteiger partial charge in [-0.05, 0) is 22.9 Å². The zero-order valence-electron chi connectivity index (χ0n) is 13.6. The third-order valence-corrected chi connectivity index (χ3v) is 4.20. The monoisotopic (exact) mass is 315 g/mol. The highest BCUT2D eigenvalue weighted by Gasteiger charge is 2.21. The van der Waals surface area contributed by atoms with Crippen LogP contribution in [0.4, 0.5) is 0 Å². The summed E-state index contributed by atoms with van der Waals surface area (Å²) >= 11 is 0. The van der Waals surface area contributed by atoms with Gasteiger partial charge in [0.25, 0.3) is 5.69 Å². The van der Waals surface area contributed by atoms with Crippen LogP contribution in [-0.4, -0.2) is 9.73 Å². The molecule has 0 bridgehead atoms. The van der Waals surface area contributed by atoms with E-state index in [9.17, 15) is 5.11 Å². The Morgan fingerprint density at radius 2 is 1.67 bits per heavy atom. The maximum Gasteiger partial charge on any atom is 0.256 e. The van der Waals surface area contributed by atoms with Gasteiger partial charge in [0, 0.05) is 18.6 Å². The number of hydrogen-bond acceptors (Lipinski definition) is 2. The minimum absolute atomic E-state index is 0.0273. The molecule has 0 aliphatic carbocycles. The number of aryl methyl sites for hydroxylation is 2. The molecule has 4 heteroatoms. The second-order valence-corrected chi connectivity index (χ2v) is 5.95. The second kappa shape index (κ2) is 5.49. The summed E-state index contributed by atoms with van der Waals surface area (Å²) in [4.78, 5) is 0. The molecule has 2 aromatic carbocycles. The van der Waals surface area contributed by atoms with E-state index >= 15 is 0 Å². The molecule has 0 amide bonds. The van der Waals surface area contributed by atoms with E-state index in [4.69, 9.17) is 0 Å². The Balaban J connectivity index is 2.11. The van der Waals surface area contributed by atoms with Crippen molar-refractivity contribution in [2.24, 2.45) is 0 Å². The van der Waals surface area contributed by atoms with E-state index < -0.39 is 0 Å². The topological polar surface area (TPSA) is 44.5 Å². The van der Waals surface area contributed by atoms with Gasteiger partial charge >= 0.3 is 0 Å². The lowest BCUT2D eigenvalue weighted by Gasteiger charge is -2.09. The molecule has 4 nitrogen and oxygen atoms in total. The Bertz CT molecular complexity index is 1060. The molecular formula is C20H17N3O. The largest absolute Gasteiger partial charge is 0.869 e. The molecule has 2 heterocycles. The van der Waals surface area contributed by atoms with Crippen LogP contribution in [0.1, 0.15) is 16.8 Å². The molecule has 24 heavy (non-hydrogen) atoms. The fourth-order valence-electron chi connectivity index (χ4n) is 2.92. The van der Waals surface area contributed by atoms with E-state index in [2.05, 4.69) is 5.10 Å². The summed E-state index contributed by atoms with van der Waals surface area (Å²) in [5.41, 5.74) is 4.45. The van der Waals surface area contributed by atoms with Gasteiger partial charge < -0.3 is 5.11 Å². The molecule has 0 N–H and O–H groups in total. The molecule has 0 aliphatic rings. The van der Waals surface area contributed by atoms with Gasteiger partial charge in [-0.15, -0.1) is 4.52 Å². The van der Waals surface area contributed by atoms with E-state index in [1.807, 2.05) is 85.2 Å². The van der Waals surface area contributed by atoms with Gasteiger partial charge in [-0.1, -0.05) is 60.2 Å². The Kier molecular flexibility index (Phi) is 3.31. The van der Waals surface area contributed by atoms with Gasteiger partial charge in [-0.2, -0.15) is 0 Å². The second-order valence-electron chi connectivity index (χ2n) is 5.95. The lowest BCUT2D eigenvalue weighted by molar-refractivity contribution is -0.638. The first-order chi connectivity index (χ1) is 11.6. The van der Waals surface area contributed by atoms with Gasteiger partial charge in [-0.25, -0.2) is 0 Å². The summed E-state index contributed by atoms with van der Waals surface area (Å²) in [6, 6.07) is 19.4. The predicted molar refractivity (Wildman–Crippen MR) is 89.9 cm³/mol. The van der Waals surface area contributed by atoms with Crippen LogP contribution in [0.5, 0.6) is 0 Å². The molecule has 0 atom stereocenters. The third-order valence-electron chi connectivity index (χ3n) is 4.20. The van der Waals surface area contributed by atoms with Crippen LogP contribution < -0.4 is 15.0 Å². The lowest BCUT2D eigenvalue weighted by atomic mass is 10.1. The first-order valence-electron chi connectivity index (χ1n) is 7.89. The summed E-state index contributed by atoms with van der Waals surface area (Å²) in [6.45, 7) is 4.02. The highest BCUT2D eigenvalue weighted by Crippen LogP contribution is 2.15. The van der Waals surface area contributed by atoms with Crippen LogP contribution in [-0.2, 0) is 0 Å². The van der Waals surface area contributed by atoms with Crippen molar-refractivity contribution in [1.82, 2.24) is 9.73 Å². The van der Waals surface area contributed by atoms with Gasteiger partial charge in [0.2, 0.25) is 5.35 Å². The first-order valence-corrected chi connectivity index (χ1v) is 7.89. The standard InChI is InChI=1S/C20H17N3O/c1-14-8-10-16(11-9-14)18-19(20(24)17-6-4-3-5-7-17)23-15(2)12-13-22(23)21-18/h3-13H,1-2H3. The molecule has 0 spiro atoms. The van der Waals surface area contributed by atoms with Crippen molar-refractivity contribution in [3.63, 3.8) is 0 Å². The van der Waals surface area contributed by atoms with Crippen molar-refractivity contribution < 1.29 is 9.62 Å². The molecule has 0 fully saturated rings. The quantitative estimate of drug-likeness (QED) is 0.525. The average Bonchev–Trinajstić information content (AvgIpc) is 3.16. The summed E-state index contributed by atoms with van der Waals surface area (Å²) in [5.74, 6) is -0.0273. The smallest absolute Gasteiger partial charge is 0.256 e. The van der Waals surface area contributed by atoms with Crippen LogP contribution >= 0.6 is 0 Å². The van der Waals surface area contributed by atoms with Crippen molar-refractivity contribution in [1.29, 1.82) is 0 Å². The zero-order chi connectivity index (χ0) is 16.7. The predicted octanol–water partition coefficient (Wildman–Crippen LogP) is 1.44. The molecule has 0 saturated heterocycles. The van der Waals surface area contributed by atoms with Crippen molar-refractivity contribution in [2.45, 2.75) is 13.8 Å². The summed E-state index contributed by atoms with van der Waals surface area (Å²) in [7, 11) is 0. The Morgan fingerprint density at radius 1 is 0.958 bits per heavy atom. The number of fused-ring (bicyclic) bond motifs is 1. The molecule has 0 unspecified atom stereocenters. The summed E-state index contributed by atoms with van der Waals surface area (Å²) in [5, 5.41) is 18.4. The highest BCUT2D eigenvalue weighted by atomic mass is 16.3. The van der Waals surface area contributed by atoms with Crippen LogP contribution in [0.3, 0.4) is 0 Å². The summed E-state index contributed by atoms with van der Waals surface area (Å²) < 4.78 is 3.59. The maximum absolute atomic E-state index is 13.2. The first kappa shape index (κ1) is 14.5. The molecule has 118 valence electrons. The fourth-order valence-corrected chi connectivity index (χ4v) is 2.92. The van der Waals surface area contributed by atoms with Gasteiger partial charge in [0.1, 0.15) is 5.69 Å². The Hall–Kier alpha value is -3.14. The number of hydrogen-bond donors (Lipinski definition) is 0. The molecule has 4 aromatic rings. The Labute approximate surface area is 139 Å². The molecule has 0 saturated carbocycles. The van der Waals surface area contributed by atoms with Crippen LogP contribution in [0.15, 0.2) is 66.9 Å². The van der Waals surface area contributed by atoms with Crippen LogP contribution in [0, 0.1) is 13.8 Å². The average molecular weight is 315 g/mol. The number of benzene rings is 2. The maximum atomic E-state index is 13.2. The minimum atomic E-state index is -0.0273. The van der Waals surface area contributed by atoms with E-state index in [-0.39, 0.29) is 5.76 Å². The normalized spacial score (nSPS) is 12.6. The van der Waals surface area contributed by atoms with E-state index in [1.165, 1.54) is 5.56 Å². The van der Waals surface area contributed by atoms with Gasteiger partial charge in [0.15, 0.2) is 0 Å². The summed E-state index contributed by atoms with van der Waals surface area (Å²) in [6.07, 6.45) is 1.87. The van der Waals surface area contributed by atoms with E-state index in [0.29, 0.717) is 16.6 Å². The zero-order valence-corrected chi connectivity index (χ0v) is 13.6. The molecular weight excluding hydrogens is 298 g/mol. The van der Waals surface area contributed by atoms with Crippen molar-refractivity contribution in [2.75, 3.05) is 0 Å². The highest BCUT2D eigenvalue weighted by molar-refractivity contribution is 5.65. The number of rotatable bonds is 2. The fraction of sp³-hybridized carbons (Fsp3) is 0.100. The third kappa shape index (κ3) is 2.24. The SMILES string of the molecule is Cc1ccc(-c2nn3ccc(C)[n+]3/c2=C(/[O-])c2ccccc2)cc1. The van der Waals surface area contributed by atoms with Crippen molar-refractivity contribution in [3.05, 3.63) is 89.0 Å². The van der Waals surface area contributed by atoms with Crippen molar-refractivity contribution in [3.8, 4) is 11.3 Å². The van der Waals surface area contributed by atoms with E-state index in [0.717, 1.165) is 11.3 Å². The molecule has 2 aromatic heterocycles.